The summed E-state index contributed by atoms with van der Waals surface area (Å²) in [4.78, 5) is 27.2. The van der Waals surface area contributed by atoms with Crippen molar-refractivity contribution >= 4 is 17.6 Å². The summed E-state index contributed by atoms with van der Waals surface area (Å²) in [6.07, 6.45) is 6.33. The van der Waals surface area contributed by atoms with Gasteiger partial charge in [-0.25, -0.2) is 4.79 Å². The van der Waals surface area contributed by atoms with E-state index in [-0.39, 0.29) is 12.0 Å². The van der Waals surface area contributed by atoms with Crippen LogP contribution in [0, 0.1) is 12.8 Å². The molecule has 7 heteroatoms. The van der Waals surface area contributed by atoms with Gasteiger partial charge in [0.1, 0.15) is 5.75 Å². The lowest BCUT2D eigenvalue weighted by molar-refractivity contribution is -0.137. The van der Waals surface area contributed by atoms with Gasteiger partial charge in [0.25, 0.3) is 0 Å². The quantitative estimate of drug-likeness (QED) is 0.170. The molecule has 1 fully saturated rings. The lowest BCUT2D eigenvalue weighted by Gasteiger charge is -2.36. The zero-order valence-corrected chi connectivity index (χ0v) is 25.4. The van der Waals surface area contributed by atoms with Crippen molar-refractivity contribution in [2.24, 2.45) is 5.92 Å². The minimum absolute atomic E-state index is 0.194. The molecule has 1 heterocycles. The number of unbranched alkanes of at least 4 members (excludes halogenated alkanes) is 1. The normalized spacial score (nSPS) is 14.4. The minimum atomic E-state index is -0.922. The van der Waals surface area contributed by atoms with Gasteiger partial charge in [-0.05, 0) is 85.9 Å². The molecule has 0 saturated carbocycles. The number of anilines is 1. The molecule has 4 rings (SSSR count). The summed E-state index contributed by atoms with van der Waals surface area (Å²) in [5, 5.41) is 18.2. The Morgan fingerprint density at radius 1 is 0.837 bits per heavy atom. The second kappa shape index (κ2) is 16.7. The van der Waals surface area contributed by atoms with Gasteiger partial charge in [-0.15, -0.1) is 0 Å². The number of carboxylic acid groups (broad SMARTS) is 2. The number of carbonyl (C=O) groups is 2. The molecule has 0 aromatic heterocycles. The number of rotatable bonds is 17. The lowest BCUT2D eigenvalue weighted by atomic mass is 9.88. The maximum absolute atomic E-state index is 11.2. The van der Waals surface area contributed by atoms with Crippen molar-refractivity contribution in [2.75, 3.05) is 44.2 Å². The number of hydrogen-bond donors (Lipinski definition) is 2. The fourth-order valence-corrected chi connectivity index (χ4v) is 5.99. The van der Waals surface area contributed by atoms with E-state index < -0.39 is 11.9 Å². The summed E-state index contributed by atoms with van der Waals surface area (Å²) < 4.78 is 6.29. The Morgan fingerprint density at radius 2 is 1.56 bits per heavy atom. The van der Waals surface area contributed by atoms with Gasteiger partial charge < -0.3 is 19.8 Å². The highest BCUT2D eigenvalue weighted by Gasteiger charge is 2.18. The molecule has 1 aliphatic heterocycles. The number of hydrogen-bond acceptors (Lipinski definition) is 5. The Kier molecular flexibility index (Phi) is 12.5. The number of nitrogens with zero attached hydrogens (tertiary/aromatic N) is 2. The van der Waals surface area contributed by atoms with Crippen LogP contribution in [-0.4, -0.2) is 66.4 Å². The maximum Gasteiger partial charge on any atom is 0.335 e. The number of aliphatic carboxylic acids is 1. The third-order valence-corrected chi connectivity index (χ3v) is 8.48. The summed E-state index contributed by atoms with van der Waals surface area (Å²) in [5.74, 6) is -0.358. The van der Waals surface area contributed by atoms with Gasteiger partial charge in [0.15, 0.2) is 0 Å². The molecule has 3 aromatic carbocycles. The van der Waals surface area contributed by atoms with Crippen molar-refractivity contribution in [3.05, 3.63) is 95.1 Å². The smallest absolute Gasteiger partial charge is 0.335 e. The van der Waals surface area contributed by atoms with E-state index in [0.717, 1.165) is 82.6 Å². The monoisotopic (exact) mass is 586 g/mol. The van der Waals surface area contributed by atoms with Gasteiger partial charge in [-0.2, -0.15) is 0 Å². The molecule has 1 unspecified atom stereocenters. The molecule has 0 amide bonds. The topological polar surface area (TPSA) is 90.3 Å². The largest absolute Gasteiger partial charge is 0.493 e. The van der Waals surface area contributed by atoms with E-state index in [0.29, 0.717) is 18.9 Å². The molecule has 1 saturated heterocycles. The average molecular weight is 587 g/mol. The highest BCUT2D eigenvalue weighted by Crippen LogP contribution is 2.26. The molecule has 230 valence electrons. The Hall–Kier alpha value is -3.84. The predicted octanol–water partition coefficient (Wildman–Crippen LogP) is 6.72. The van der Waals surface area contributed by atoms with E-state index in [9.17, 15) is 14.7 Å². The standard InChI is InChI=1S/C36H46N2O5/c1-28-9-2-5-12-33(28)38-24-22-37(23-25-38)21-8-26-43-34-13-6-4-11-31(34)18-15-29(10-3-7-14-35(39)40)27-30-16-19-32(20-17-30)36(41)42/h2,4-6,9,11-13,16-17,19-20,29H,3,7-8,10,14-15,18,21-27H2,1H3,(H,39,40)(H,41,42). The van der Waals surface area contributed by atoms with Crippen LogP contribution in [0.4, 0.5) is 5.69 Å². The lowest BCUT2D eigenvalue weighted by Crippen LogP contribution is -2.47. The molecule has 43 heavy (non-hydrogen) atoms. The Balaban J connectivity index is 1.24. The van der Waals surface area contributed by atoms with E-state index in [2.05, 4.69) is 59.2 Å². The molecule has 0 radical (unpaired) electrons. The summed E-state index contributed by atoms with van der Waals surface area (Å²) in [6.45, 7) is 8.13. The maximum atomic E-state index is 11.2. The number of carboxylic acids is 2. The van der Waals surface area contributed by atoms with Gasteiger partial charge in [0, 0.05) is 44.8 Å². The molecule has 2 N–H and O–H groups in total. The number of aromatic carboxylic acids is 1. The summed E-state index contributed by atoms with van der Waals surface area (Å²) in [7, 11) is 0. The van der Waals surface area contributed by atoms with Crippen molar-refractivity contribution in [2.45, 2.75) is 58.3 Å². The van der Waals surface area contributed by atoms with Crippen LogP contribution in [0.1, 0.15) is 65.6 Å². The molecular weight excluding hydrogens is 540 g/mol. The average Bonchev–Trinajstić information content (AvgIpc) is 3.01. The van der Waals surface area contributed by atoms with E-state index >= 15 is 0 Å². The fourth-order valence-electron chi connectivity index (χ4n) is 5.99. The molecule has 0 aliphatic carbocycles. The summed E-state index contributed by atoms with van der Waals surface area (Å²) in [5.41, 5.74) is 5.28. The zero-order chi connectivity index (χ0) is 30.4. The SMILES string of the molecule is Cc1ccccc1N1CCN(CCCOc2ccccc2CCC(CCCCC(=O)O)Cc2ccc(C(=O)O)cc2)CC1. The van der Waals surface area contributed by atoms with Crippen molar-refractivity contribution in [3.8, 4) is 5.75 Å². The van der Waals surface area contributed by atoms with Crippen molar-refractivity contribution in [3.63, 3.8) is 0 Å². The van der Waals surface area contributed by atoms with Crippen molar-refractivity contribution in [1.82, 2.24) is 4.90 Å². The first-order chi connectivity index (χ1) is 20.9. The van der Waals surface area contributed by atoms with E-state index in [1.807, 2.05) is 18.2 Å². The number of piperazine rings is 1. The molecule has 0 bridgehead atoms. The Labute approximate surface area is 256 Å². The Morgan fingerprint density at radius 3 is 2.28 bits per heavy atom. The summed E-state index contributed by atoms with van der Waals surface area (Å²) >= 11 is 0. The van der Waals surface area contributed by atoms with Gasteiger partial charge in [0.2, 0.25) is 0 Å². The molecule has 7 nitrogen and oxygen atoms in total. The first-order valence-electron chi connectivity index (χ1n) is 15.7. The molecular formula is C36H46N2O5. The highest BCUT2D eigenvalue weighted by atomic mass is 16.5. The van der Waals surface area contributed by atoms with Crippen molar-refractivity contribution in [1.29, 1.82) is 0 Å². The summed E-state index contributed by atoms with van der Waals surface area (Å²) in [6, 6.07) is 24.0. The molecule has 1 aliphatic rings. The van der Waals surface area contributed by atoms with Crippen LogP contribution in [-0.2, 0) is 17.6 Å². The van der Waals surface area contributed by atoms with Gasteiger partial charge >= 0.3 is 11.9 Å². The number of benzene rings is 3. The van der Waals surface area contributed by atoms with Crippen LogP contribution in [0.5, 0.6) is 5.75 Å². The molecule has 0 spiro atoms. The van der Waals surface area contributed by atoms with Crippen molar-refractivity contribution < 1.29 is 24.5 Å². The number of para-hydroxylation sites is 2. The van der Waals surface area contributed by atoms with Crippen LogP contribution in [0.2, 0.25) is 0 Å². The second-order valence-corrected chi connectivity index (χ2v) is 11.7. The number of ether oxygens (including phenoxy) is 1. The molecule has 1 atom stereocenters. The molecule has 3 aromatic rings. The Bertz CT molecular complexity index is 1300. The third-order valence-electron chi connectivity index (χ3n) is 8.48. The van der Waals surface area contributed by atoms with Crippen LogP contribution >= 0.6 is 0 Å². The van der Waals surface area contributed by atoms with Crippen LogP contribution < -0.4 is 9.64 Å². The van der Waals surface area contributed by atoms with Gasteiger partial charge in [-0.1, -0.05) is 61.4 Å². The van der Waals surface area contributed by atoms with Crippen LogP contribution in [0.3, 0.4) is 0 Å². The minimum Gasteiger partial charge on any atom is -0.493 e. The zero-order valence-electron chi connectivity index (χ0n) is 25.4. The van der Waals surface area contributed by atoms with Gasteiger partial charge in [-0.3, -0.25) is 9.69 Å². The third kappa shape index (κ3) is 10.4. The van der Waals surface area contributed by atoms with E-state index in [4.69, 9.17) is 9.84 Å². The second-order valence-electron chi connectivity index (χ2n) is 11.7. The first kappa shape index (κ1) is 32.1. The van der Waals surface area contributed by atoms with Crippen LogP contribution in [0.25, 0.3) is 0 Å². The predicted molar refractivity (Wildman–Crippen MR) is 171 cm³/mol. The van der Waals surface area contributed by atoms with E-state index in [1.54, 1.807) is 12.1 Å². The number of aryl methyl sites for hydroxylation is 2. The first-order valence-corrected chi connectivity index (χ1v) is 15.7. The van der Waals surface area contributed by atoms with Gasteiger partial charge in [0.05, 0.1) is 12.2 Å². The van der Waals surface area contributed by atoms with E-state index in [1.165, 1.54) is 16.8 Å². The highest BCUT2D eigenvalue weighted by molar-refractivity contribution is 5.87. The van der Waals surface area contributed by atoms with Crippen LogP contribution in [0.15, 0.2) is 72.8 Å². The fraction of sp³-hybridized carbons (Fsp3) is 0.444.